The highest BCUT2D eigenvalue weighted by Crippen LogP contribution is 2.78. The Morgan fingerprint density at radius 1 is 0.451 bits per heavy atom. The minimum absolute atomic E-state index is 0.320. The molecule has 0 aromatic heterocycles. The normalized spacial score (nSPS) is 17.0. The van der Waals surface area contributed by atoms with Gasteiger partial charge in [0.1, 0.15) is 28.7 Å². The predicted octanol–water partition coefficient (Wildman–Crippen LogP) is 10.1. The number of nitrogens with two attached hydrogens (primary N) is 3. The average Bonchev–Trinajstić information content (AvgIpc) is 3.15. The molecule has 2 atom stereocenters. The molecule has 0 fully saturated rings. The van der Waals surface area contributed by atoms with E-state index >= 15 is 0 Å². The number of para-hydroxylation sites is 9. The summed E-state index contributed by atoms with van der Waals surface area (Å²) in [6.45, 7) is 0. The molecular formula is C36H33N6O6P3. The van der Waals surface area contributed by atoms with Crippen LogP contribution in [0.3, 0.4) is 0 Å². The topological polar surface area (TPSA) is 152 Å². The van der Waals surface area contributed by atoms with Crippen LogP contribution in [0.25, 0.3) is 0 Å². The van der Waals surface area contributed by atoms with E-state index in [1.165, 1.54) is 9.21 Å². The van der Waals surface area contributed by atoms with Crippen LogP contribution in [-0.2, 0) is 0 Å². The number of benzene rings is 6. The Labute approximate surface area is 297 Å². The fourth-order valence-corrected chi connectivity index (χ4v) is 12.1. The van der Waals surface area contributed by atoms with Gasteiger partial charge >= 0.3 is 24.6 Å². The Balaban J connectivity index is 1.50. The van der Waals surface area contributed by atoms with E-state index in [9.17, 15) is 0 Å². The van der Waals surface area contributed by atoms with Crippen molar-refractivity contribution in [1.29, 1.82) is 0 Å². The van der Waals surface area contributed by atoms with Crippen LogP contribution in [0.4, 0.5) is 17.1 Å². The first kappa shape index (κ1) is 34.0. The third kappa shape index (κ3) is 7.97. The maximum Gasteiger partial charge on any atom is 0.447 e. The highest BCUT2D eigenvalue weighted by atomic mass is 31.3. The van der Waals surface area contributed by atoms with Crippen LogP contribution < -0.4 is 45.0 Å². The summed E-state index contributed by atoms with van der Waals surface area (Å²) in [5, 5.41) is 0. The first-order valence-electron chi connectivity index (χ1n) is 15.6. The number of nitrogens with zero attached hydrogens (tertiary/aromatic N) is 3. The minimum atomic E-state index is -3.87. The standard InChI is InChI=1S/C36H33N6O6P3/c37-31-22-10-13-25-34(31)44-41-49(45-35-26-14-11-23-32(35)38)40-51(47-29-18-6-2-7-19-29,48-30-20-8-3-9-21-30)42(43-28-16-4-1-5-17-28)50(41)46-36-27-15-12-24-33(36)39/h1-27H,37-39H2. The third-order valence-electron chi connectivity index (χ3n) is 7.01. The molecule has 12 nitrogen and oxygen atoms in total. The van der Waals surface area contributed by atoms with E-state index in [0.717, 1.165) is 0 Å². The van der Waals surface area contributed by atoms with Crippen LogP contribution >= 0.6 is 24.6 Å². The predicted molar refractivity (Wildman–Crippen MR) is 203 cm³/mol. The summed E-state index contributed by atoms with van der Waals surface area (Å²) in [7, 11) is -8.44. The lowest BCUT2D eigenvalue weighted by molar-refractivity contribution is 0.0551. The summed E-state index contributed by atoms with van der Waals surface area (Å²) in [5.74, 6) is 2.37. The van der Waals surface area contributed by atoms with Gasteiger partial charge in [0.05, 0.1) is 17.1 Å². The van der Waals surface area contributed by atoms with Crippen molar-refractivity contribution >= 4 is 41.6 Å². The molecule has 0 bridgehead atoms. The van der Waals surface area contributed by atoms with Gasteiger partial charge in [-0.15, -0.1) is 4.52 Å². The third-order valence-corrected chi connectivity index (χ3v) is 13.8. The first-order valence-corrected chi connectivity index (χ1v) is 19.5. The molecule has 51 heavy (non-hydrogen) atoms. The zero-order chi connectivity index (χ0) is 35.0. The molecule has 2 unspecified atom stereocenters. The van der Waals surface area contributed by atoms with Crippen LogP contribution in [0.2, 0.25) is 0 Å². The molecule has 1 aliphatic rings. The second kappa shape index (κ2) is 15.6. The Bertz CT molecular complexity index is 2070. The number of rotatable bonds is 12. The molecule has 0 spiro atoms. The maximum absolute atomic E-state index is 6.88. The molecule has 1 heterocycles. The second-order valence-corrected chi connectivity index (χ2v) is 16.2. The van der Waals surface area contributed by atoms with Crippen LogP contribution in [0, 0.1) is 0 Å². The molecule has 0 amide bonds. The lowest BCUT2D eigenvalue weighted by atomic mass is 10.3. The Hall–Kier alpha value is -5.47. The van der Waals surface area contributed by atoms with Gasteiger partial charge in [0.15, 0.2) is 5.75 Å². The summed E-state index contributed by atoms with van der Waals surface area (Å²) in [5.41, 5.74) is 20.4. The second-order valence-electron chi connectivity index (χ2n) is 10.7. The molecular weight excluding hydrogens is 705 g/mol. The summed E-state index contributed by atoms with van der Waals surface area (Å²) >= 11 is 0. The molecule has 7 rings (SSSR count). The number of hydrogen-bond donors (Lipinski definition) is 3. The van der Waals surface area contributed by atoms with Crippen molar-refractivity contribution < 1.29 is 27.8 Å². The monoisotopic (exact) mass is 738 g/mol. The van der Waals surface area contributed by atoms with Gasteiger partial charge in [0.25, 0.3) is 0 Å². The lowest BCUT2D eigenvalue weighted by Gasteiger charge is -2.43. The highest BCUT2D eigenvalue weighted by molar-refractivity contribution is 7.78. The average molecular weight is 739 g/mol. The smallest absolute Gasteiger partial charge is 0.438 e. The van der Waals surface area contributed by atoms with Crippen LogP contribution in [0.15, 0.2) is 168 Å². The number of hydrogen-bond acceptors (Lipinski definition) is 12. The van der Waals surface area contributed by atoms with Crippen molar-refractivity contribution in [2.24, 2.45) is 4.52 Å². The first-order chi connectivity index (χ1) is 25.0. The Kier molecular flexibility index (Phi) is 10.4. The van der Waals surface area contributed by atoms with Crippen molar-refractivity contribution in [3.8, 4) is 34.5 Å². The Morgan fingerprint density at radius 3 is 1.35 bits per heavy atom. The molecule has 0 saturated carbocycles. The molecule has 0 saturated heterocycles. The molecule has 0 radical (unpaired) electrons. The van der Waals surface area contributed by atoms with E-state index in [0.29, 0.717) is 51.6 Å². The van der Waals surface area contributed by atoms with Crippen molar-refractivity contribution in [3.63, 3.8) is 0 Å². The van der Waals surface area contributed by atoms with Crippen molar-refractivity contribution in [1.82, 2.24) is 9.21 Å². The highest BCUT2D eigenvalue weighted by Gasteiger charge is 2.58. The molecule has 1 aliphatic heterocycles. The van der Waals surface area contributed by atoms with E-state index in [1.54, 1.807) is 84.9 Å². The fourth-order valence-electron chi connectivity index (χ4n) is 4.56. The van der Waals surface area contributed by atoms with Gasteiger partial charge in [0, 0.05) is 9.21 Å². The van der Waals surface area contributed by atoms with E-state index in [2.05, 4.69) is 0 Å². The van der Waals surface area contributed by atoms with Crippen molar-refractivity contribution in [2.45, 2.75) is 0 Å². The van der Waals surface area contributed by atoms with Gasteiger partial charge in [-0.2, -0.15) is 0 Å². The van der Waals surface area contributed by atoms with E-state index in [1.807, 2.05) is 78.9 Å². The van der Waals surface area contributed by atoms with E-state index in [4.69, 9.17) is 49.5 Å². The van der Waals surface area contributed by atoms with Gasteiger partial charge in [-0.05, 0) is 72.8 Å². The SMILES string of the molecule is Nc1ccccc1ON1P(Oc2ccccc2N)N=P(Oc2ccccc2)(Oc2ccccc2)N(Oc2ccccc2)P1Oc1ccccc1N. The van der Waals surface area contributed by atoms with Gasteiger partial charge in [-0.1, -0.05) is 91.0 Å². The Morgan fingerprint density at radius 2 is 0.863 bits per heavy atom. The quantitative estimate of drug-likeness (QED) is 0.0812. The van der Waals surface area contributed by atoms with E-state index < -0.39 is 24.6 Å². The molecule has 6 aromatic carbocycles. The number of anilines is 3. The molecule has 6 N–H and O–H groups in total. The lowest BCUT2D eigenvalue weighted by Crippen LogP contribution is -2.37. The summed E-state index contributed by atoms with van der Waals surface area (Å²) in [6.07, 6.45) is 0. The van der Waals surface area contributed by atoms with Crippen LogP contribution in [0.1, 0.15) is 0 Å². The summed E-state index contributed by atoms with van der Waals surface area (Å²) in [4.78, 5) is 13.4. The minimum Gasteiger partial charge on any atom is -0.438 e. The largest absolute Gasteiger partial charge is 0.447 e. The van der Waals surface area contributed by atoms with Gasteiger partial charge in [-0.25, -0.2) is 0 Å². The van der Waals surface area contributed by atoms with E-state index in [-0.39, 0.29) is 0 Å². The summed E-state index contributed by atoms with van der Waals surface area (Å²) < 4.78 is 35.5. The molecule has 6 aromatic rings. The summed E-state index contributed by atoms with van der Waals surface area (Å²) in [6, 6.07) is 48.8. The van der Waals surface area contributed by atoms with Crippen LogP contribution in [0.5, 0.6) is 34.5 Å². The zero-order valence-corrected chi connectivity index (χ0v) is 29.6. The fraction of sp³-hybridized carbons (Fsp3) is 0. The maximum atomic E-state index is 6.88. The number of nitrogen functional groups attached to an aromatic ring is 3. The van der Waals surface area contributed by atoms with Crippen LogP contribution in [-0.4, -0.2) is 9.21 Å². The van der Waals surface area contributed by atoms with Gasteiger partial charge < -0.3 is 45.0 Å². The molecule has 0 aliphatic carbocycles. The van der Waals surface area contributed by atoms with Crippen molar-refractivity contribution in [2.75, 3.05) is 17.2 Å². The molecule has 15 heteroatoms. The van der Waals surface area contributed by atoms with Crippen molar-refractivity contribution in [3.05, 3.63) is 164 Å². The molecule has 258 valence electrons. The van der Waals surface area contributed by atoms with Gasteiger partial charge in [-0.3, -0.25) is 0 Å². The van der Waals surface area contributed by atoms with Gasteiger partial charge in [0.2, 0.25) is 0 Å². The zero-order valence-electron chi connectivity index (χ0n) is 27.0.